The largest absolute Gasteiger partial charge is 0.256 e. The Labute approximate surface area is 143 Å². The van der Waals surface area contributed by atoms with Crippen LogP contribution in [-0.2, 0) is 16.6 Å². The van der Waals surface area contributed by atoms with Gasteiger partial charge in [-0.2, -0.15) is 0 Å². The number of aryl methyl sites for hydroxylation is 1. The van der Waals surface area contributed by atoms with E-state index in [0.717, 1.165) is 26.5 Å². The van der Waals surface area contributed by atoms with Gasteiger partial charge in [-0.05, 0) is 42.3 Å². The molecule has 2 aromatic carbocycles. The Hall–Kier alpha value is -1.76. The Morgan fingerprint density at radius 3 is 2.70 bits per heavy atom. The molecule has 4 nitrogen and oxygen atoms in total. The van der Waals surface area contributed by atoms with Crippen LogP contribution in [0.25, 0.3) is 10.9 Å². The van der Waals surface area contributed by atoms with Crippen molar-refractivity contribution in [2.45, 2.75) is 18.4 Å². The second-order valence-electron chi connectivity index (χ2n) is 5.23. The highest BCUT2D eigenvalue weighted by atomic mass is 79.9. The number of pyridine rings is 1. The molecule has 0 aliphatic heterocycles. The van der Waals surface area contributed by atoms with Crippen LogP contribution >= 0.6 is 15.9 Å². The quantitative estimate of drug-likeness (QED) is 0.736. The van der Waals surface area contributed by atoms with Gasteiger partial charge in [0, 0.05) is 22.6 Å². The van der Waals surface area contributed by atoms with Crippen molar-refractivity contribution in [3.63, 3.8) is 0 Å². The fourth-order valence-electron chi connectivity index (χ4n) is 2.35. The molecule has 0 saturated heterocycles. The zero-order valence-electron chi connectivity index (χ0n) is 12.5. The number of hydrogen-bond acceptors (Lipinski definition) is 3. The maximum absolute atomic E-state index is 12.5. The number of halogens is 1. The van der Waals surface area contributed by atoms with E-state index in [1.54, 1.807) is 24.4 Å². The lowest BCUT2D eigenvalue weighted by atomic mass is 10.1. The molecule has 118 valence electrons. The minimum Gasteiger partial charge on any atom is -0.256 e. The van der Waals surface area contributed by atoms with Gasteiger partial charge in [0.25, 0.3) is 0 Å². The molecule has 3 rings (SSSR count). The fourth-order valence-corrected chi connectivity index (χ4v) is 3.69. The number of hydrogen-bond donors (Lipinski definition) is 1. The molecule has 6 heteroatoms. The van der Waals surface area contributed by atoms with E-state index in [1.165, 1.54) is 0 Å². The average molecular weight is 391 g/mol. The fraction of sp³-hybridized carbons (Fsp3) is 0.118. The molecule has 0 aliphatic carbocycles. The van der Waals surface area contributed by atoms with Crippen molar-refractivity contribution in [1.29, 1.82) is 0 Å². The molecule has 1 heterocycles. The summed E-state index contributed by atoms with van der Waals surface area (Å²) >= 11 is 3.38. The summed E-state index contributed by atoms with van der Waals surface area (Å²) < 4.78 is 28.4. The first-order valence-corrected chi connectivity index (χ1v) is 9.33. The third-order valence-electron chi connectivity index (χ3n) is 3.61. The van der Waals surface area contributed by atoms with Gasteiger partial charge in [-0.1, -0.05) is 40.2 Å². The van der Waals surface area contributed by atoms with Crippen molar-refractivity contribution in [2.75, 3.05) is 0 Å². The SMILES string of the molecule is Cc1cc(S(=O)(=O)NCc2cccc3cccnc23)ccc1Br. The molecule has 0 unspecified atom stereocenters. The van der Waals surface area contributed by atoms with Gasteiger partial charge >= 0.3 is 0 Å². The third kappa shape index (κ3) is 3.44. The topological polar surface area (TPSA) is 59.1 Å². The normalized spacial score (nSPS) is 11.7. The number of benzene rings is 2. The standard InChI is InChI=1S/C17H15BrN2O2S/c1-12-10-15(7-8-16(12)18)23(21,22)20-11-14-5-2-4-13-6-3-9-19-17(13)14/h2-10,20H,11H2,1H3. The van der Waals surface area contributed by atoms with Crippen LogP contribution in [0.3, 0.4) is 0 Å². The molecule has 0 aliphatic rings. The molecule has 0 saturated carbocycles. The second-order valence-corrected chi connectivity index (χ2v) is 7.85. The van der Waals surface area contributed by atoms with Crippen LogP contribution in [0.1, 0.15) is 11.1 Å². The Bertz CT molecular complexity index is 966. The van der Waals surface area contributed by atoms with Gasteiger partial charge < -0.3 is 0 Å². The maximum Gasteiger partial charge on any atom is 0.240 e. The van der Waals surface area contributed by atoms with Crippen LogP contribution < -0.4 is 4.72 Å². The summed E-state index contributed by atoms with van der Waals surface area (Å²) in [5, 5.41) is 0.990. The first kappa shape index (κ1) is 16.1. The minimum absolute atomic E-state index is 0.200. The van der Waals surface area contributed by atoms with Crippen molar-refractivity contribution in [3.05, 3.63) is 70.3 Å². The second kappa shape index (κ2) is 6.39. The average Bonchev–Trinajstić information content (AvgIpc) is 2.55. The first-order chi connectivity index (χ1) is 11.0. The number of nitrogens with one attached hydrogen (secondary N) is 1. The third-order valence-corrected chi connectivity index (χ3v) is 5.90. The van der Waals surface area contributed by atoms with Crippen molar-refractivity contribution in [2.24, 2.45) is 0 Å². The molecule has 0 fully saturated rings. The summed E-state index contributed by atoms with van der Waals surface area (Å²) in [4.78, 5) is 4.60. The minimum atomic E-state index is -3.56. The van der Waals surface area contributed by atoms with Crippen LogP contribution in [-0.4, -0.2) is 13.4 Å². The molecule has 0 bridgehead atoms. The number of rotatable bonds is 4. The monoisotopic (exact) mass is 390 g/mol. The van der Waals surface area contributed by atoms with Crippen LogP contribution in [0, 0.1) is 6.92 Å². The van der Waals surface area contributed by atoms with Crippen molar-refractivity contribution < 1.29 is 8.42 Å². The van der Waals surface area contributed by atoms with E-state index in [2.05, 4.69) is 25.6 Å². The summed E-state index contributed by atoms with van der Waals surface area (Å²) in [6.45, 7) is 2.06. The molecule has 1 N–H and O–H groups in total. The van der Waals surface area contributed by atoms with E-state index in [1.807, 2.05) is 37.3 Å². The first-order valence-electron chi connectivity index (χ1n) is 7.06. The van der Waals surface area contributed by atoms with Crippen LogP contribution in [0.15, 0.2) is 64.1 Å². The van der Waals surface area contributed by atoms with Crippen LogP contribution in [0.2, 0.25) is 0 Å². The summed E-state index contributed by atoms with van der Waals surface area (Å²) in [6, 6.07) is 14.5. The Kier molecular flexibility index (Phi) is 4.48. The lowest BCUT2D eigenvalue weighted by molar-refractivity contribution is 0.581. The number of sulfonamides is 1. The number of nitrogens with zero attached hydrogens (tertiary/aromatic N) is 1. The summed E-state index contributed by atoms with van der Waals surface area (Å²) in [5.74, 6) is 0. The molecule has 23 heavy (non-hydrogen) atoms. The zero-order valence-corrected chi connectivity index (χ0v) is 14.9. The van der Waals surface area contributed by atoms with Crippen molar-refractivity contribution >= 4 is 36.9 Å². The summed E-state index contributed by atoms with van der Waals surface area (Å²) in [6.07, 6.45) is 1.71. The molecule has 3 aromatic rings. The molecule has 0 atom stereocenters. The Balaban J connectivity index is 1.87. The predicted molar refractivity (Wildman–Crippen MR) is 94.6 cm³/mol. The number of para-hydroxylation sites is 1. The van der Waals surface area contributed by atoms with E-state index in [4.69, 9.17) is 0 Å². The van der Waals surface area contributed by atoms with Crippen molar-refractivity contribution in [1.82, 2.24) is 9.71 Å². The number of fused-ring (bicyclic) bond motifs is 1. The van der Waals surface area contributed by atoms with E-state index >= 15 is 0 Å². The van der Waals surface area contributed by atoms with Gasteiger partial charge in [-0.3, -0.25) is 4.98 Å². The summed E-state index contributed by atoms with van der Waals surface area (Å²) in [5.41, 5.74) is 2.53. The zero-order chi connectivity index (χ0) is 16.4. The van der Waals surface area contributed by atoms with Crippen LogP contribution in [0.5, 0.6) is 0 Å². The van der Waals surface area contributed by atoms with E-state index in [9.17, 15) is 8.42 Å². The van der Waals surface area contributed by atoms with Gasteiger partial charge in [-0.25, -0.2) is 13.1 Å². The van der Waals surface area contributed by atoms with Crippen LogP contribution in [0.4, 0.5) is 0 Å². The Morgan fingerprint density at radius 2 is 1.91 bits per heavy atom. The van der Waals surface area contributed by atoms with Gasteiger partial charge in [0.05, 0.1) is 10.4 Å². The van der Waals surface area contributed by atoms with Gasteiger partial charge in [0.15, 0.2) is 0 Å². The van der Waals surface area contributed by atoms with E-state index in [0.29, 0.717) is 0 Å². The Morgan fingerprint density at radius 1 is 1.13 bits per heavy atom. The lowest BCUT2D eigenvalue weighted by Crippen LogP contribution is -2.23. The smallest absolute Gasteiger partial charge is 0.240 e. The highest BCUT2D eigenvalue weighted by Crippen LogP contribution is 2.21. The highest BCUT2D eigenvalue weighted by Gasteiger charge is 2.15. The maximum atomic E-state index is 12.5. The molecule has 0 spiro atoms. The van der Waals surface area contributed by atoms with E-state index < -0.39 is 10.0 Å². The molecular weight excluding hydrogens is 376 g/mol. The summed E-state index contributed by atoms with van der Waals surface area (Å²) in [7, 11) is -3.56. The lowest BCUT2D eigenvalue weighted by Gasteiger charge is -2.10. The highest BCUT2D eigenvalue weighted by molar-refractivity contribution is 9.10. The van der Waals surface area contributed by atoms with E-state index in [-0.39, 0.29) is 11.4 Å². The molecule has 0 radical (unpaired) electrons. The molecule has 1 aromatic heterocycles. The predicted octanol–water partition coefficient (Wildman–Crippen LogP) is 3.78. The van der Waals surface area contributed by atoms with Gasteiger partial charge in [0.2, 0.25) is 10.0 Å². The molecular formula is C17H15BrN2O2S. The molecule has 0 amide bonds. The van der Waals surface area contributed by atoms with Gasteiger partial charge in [-0.15, -0.1) is 0 Å². The van der Waals surface area contributed by atoms with Gasteiger partial charge in [0.1, 0.15) is 0 Å². The number of aromatic nitrogens is 1. The van der Waals surface area contributed by atoms with Crippen molar-refractivity contribution in [3.8, 4) is 0 Å².